The Bertz CT molecular complexity index is 1930. The zero-order valence-electron chi connectivity index (χ0n) is 21.5. The summed E-state index contributed by atoms with van der Waals surface area (Å²) in [7, 11) is 1.54. The summed E-state index contributed by atoms with van der Waals surface area (Å²) in [5, 5.41) is 8.89. The Hall–Kier alpha value is -4.81. The highest BCUT2D eigenvalue weighted by molar-refractivity contribution is 6.30. The summed E-state index contributed by atoms with van der Waals surface area (Å²) in [6, 6.07) is 32.5. The number of halogens is 1. The predicted molar refractivity (Wildman–Crippen MR) is 158 cm³/mol. The van der Waals surface area contributed by atoms with E-state index in [4.69, 9.17) is 30.3 Å². The summed E-state index contributed by atoms with van der Waals surface area (Å²) in [5.41, 5.74) is 4.40. The van der Waals surface area contributed by atoms with Crippen molar-refractivity contribution in [1.29, 1.82) is 0 Å². The first-order valence-electron chi connectivity index (χ1n) is 12.9. The van der Waals surface area contributed by atoms with Crippen LogP contribution in [-0.4, -0.2) is 12.8 Å². The smallest absolute Gasteiger partial charge is 0.196 e. The topological polar surface area (TPSA) is 68.2 Å². The maximum atomic E-state index is 13.7. The zero-order valence-corrected chi connectivity index (χ0v) is 22.2. The maximum Gasteiger partial charge on any atom is 0.196 e. The number of ether oxygens (including phenoxy) is 1. The van der Waals surface area contributed by atoms with E-state index in [9.17, 15) is 4.79 Å². The standard InChI is InChI=1S/C33H23ClN2O4/c1-38-33-24-16-17-39-26(24)19-28-29(33)25(37)18-27(40-28)30-31(20-8-4-2-5-9-20)35-36(23-10-6-3-7-11-23)32(30)21-12-14-22(34)15-13-21/h2-19,30,32H,1H3. The van der Waals surface area contributed by atoms with E-state index in [1.54, 1.807) is 31.6 Å². The van der Waals surface area contributed by atoms with Gasteiger partial charge in [0.25, 0.3) is 0 Å². The van der Waals surface area contributed by atoms with Gasteiger partial charge >= 0.3 is 0 Å². The second-order valence-electron chi connectivity index (χ2n) is 9.63. The minimum atomic E-state index is -0.417. The molecular weight excluding hydrogens is 524 g/mol. The molecule has 0 spiro atoms. The highest BCUT2D eigenvalue weighted by Crippen LogP contribution is 2.47. The minimum Gasteiger partial charge on any atom is -0.495 e. The van der Waals surface area contributed by atoms with Crippen molar-refractivity contribution in [3.05, 3.63) is 142 Å². The molecular formula is C33H23ClN2O4. The fourth-order valence-electron chi connectivity index (χ4n) is 5.56. The molecule has 4 aromatic carbocycles. The van der Waals surface area contributed by atoms with Gasteiger partial charge in [-0.25, -0.2) is 0 Å². The molecule has 196 valence electrons. The normalized spacial score (nSPS) is 16.9. The van der Waals surface area contributed by atoms with Gasteiger partial charge in [0.1, 0.15) is 28.1 Å². The molecule has 2 unspecified atom stereocenters. The third-order valence-electron chi connectivity index (χ3n) is 7.32. The van der Waals surface area contributed by atoms with Gasteiger partial charge in [-0.1, -0.05) is 72.3 Å². The molecule has 2 atom stereocenters. The van der Waals surface area contributed by atoms with Gasteiger partial charge in [0.15, 0.2) is 5.43 Å². The van der Waals surface area contributed by atoms with Crippen molar-refractivity contribution >= 4 is 44.9 Å². The second-order valence-corrected chi connectivity index (χ2v) is 10.1. The third-order valence-corrected chi connectivity index (χ3v) is 7.58. The molecule has 40 heavy (non-hydrogen) atoms. The highest BCUT2D eigenvalue weighted by Gasteiger charge is 2.42. The number of hydrogen-bond acceptors (Lipinski definition) is 6. The van der Waals surface area contributed by atoms with Crippen molar-refractivity contribution < 1.29 is 13.6 Å². The molecule has 0 saturated heterocycles. The first-order chi connectivity index (χ1) is 19.6. The molecule has 3 heterocycles. The van der Waals surface area contributed by atoms with E-state index in [2.05, 4.69) is 0 Å². The maximum absolute atomic E-state index is 13.7. The summed E-state index contributed by atoms with van der Waals surface area (Å²) in [6.07, 6.45) is 1.57. The lowest BCUT2D eigenvalue weighted by atomic mass is 9.84. The van der Waals surface area contributed by atoms with Crippen molar-refractivity contribution in [2.75, 3.05) is 12.1 Å². The molecule has 0 fully saturated rings. The lowest BCUT2D eigenvalue weighted by molar-refractivity contribution is 0.422. The van der Waals surface area contributed by atoms with Crippen LogP contribution in [0.5, 0.6) is 5.75 Å². The Labute approximate surface area is 234 Å². The van der Waals surface area contributed by atoms with Crippen LogP contribution in [0.1, 0.15) is 28.8 Å². The lowest BCUT2D eigenvalue weighted by Gasteiger charge is -2.28. The van der Waals surface area contributed by atoms with E-state index < -0.39 is 5.92 Å². The fourth-order valence-corrected chi connectivity index (χ4v) is 5.68. The molecule has 1 aliphatic heterocycles. The van der Waals surface area contributed by atoms with E-state index in [1.165, 1.54) is 0 Å². The van der Waals surface area contributed by atoms with Gasteiger partial charge in [-0.3, -0.25) is 9.80 Å². The number of hydrazone groups is 1. The highest BCUT2D eigenvalue weighted by atomic mass is 35.5. The van der Waals surface area contributed by atoms with Gasteiger partial charge in [0.05, 0.1) is 42.1 Å². The summed E-state index contributed by atoms with van der Waals surface area (Å²) < 4.78 is 17.9. The van der Waals surface area contributed by atoms with Crippen LogP contribution in [0.25, 0.3) is 21.9 Å². The number of benzene rings is 4. The summed E-state index contributed by atoms with van der Waals surface area (Å²) >= 11 is 6.28. The average molecular weight is 547 g/mol. The van der Waals surface area contributed by atoms with Gasteiger partial charge in [0, 0.05) is 17.2 Å². The monoisotopic (exact) mass is 546 g/mol. The Morgan fingerprint density at radius 3 is 2.33 bits per heavy atom. The first-order valence-corrected chi connectivity index (χ1v) is 13.3. The predicted octanol–water partition coefficient (Wildman–Crippen LogP) is 7.95. The average Bonchev–Trinajstić information content (AvgIpc) is 3.62. The van der Waals surface area contributed by atoms with Crippen LogP contribution in [-0.2, 0) is 0 Å². The van der Waals surface area contributed by atoms with Gasteiger partial charge < -0.3 is 13.6 Å². The van der Waals surface area contributed by atoms with Crippen molar-refractivity contribution in [2.24, 2.45) is 5.10 Å². The van der Waals surface area contributed by atoms with Crippen molar-refractivity contribution in [3.63, 3.8) is 0 Å². The van der Waals surface area contributed by atoms with Gasteiger partial charge in [0.2, 0.25) is 0 Å². The minimum absolute atomic E-state index is 0.198. The molecule has 7 heteroatoms. The number of methoxy groups -OCH3 is 1. The van der Waals surface area contributed by atoms with Gasteiger partial charge in [-0.2, -0.15) is 5.10 Å². The van der Waals surface area contributed by atoms with E-state index in [-0.39, 0.29) is 11.5 Å². The number of furan rings is 1. The SMILES string of the molecule is COc1c2ccoc2cc2oc(C3C(c4ccccc4)=NN(c4ccccc4)C3c3ccc(Cl)cc3)cc(=O)c12. The van der Waals surface area contributed by atoms with Crippen molar-refractivity contribution in [1.82, 2.24) is 0 Å². The summed E-state index contributed by atoms with van der Waals surface area (Å²) in [5.74, 6) is 0.510. The van der Waals surface area contributed by atoms with Crippen molar-refractivity contribution in [3.8, 4) is 5.75 Å². The van der Waals surface area contributed by atoms with E-state index in [1.807, 2.05) is 89.9 Å². The number of fused-ring (bicyclic) bond motifs is 2. The molecule has 0 saturated carbocycles. The van der Waals surface area contributed by atoms with E-state index >= 15 is 0 Å². The van der Waals surface area contributed by atoms with Crippen LogP contribution in [0.2, 0.25) is 5.02 Å². The van der Waals surface area contributed by atoms with E-state index in [0.29, 0.717) is 33.1 Å². The molecule has 0 N–H and O–H groups in total. The van der Waals surface area contributed by atoms with Crippen LogP contribution in [0, 0.1) is 0 Å². The Kier molecular flexibility index (Phi) is 5.90. The van der Waals surface area contributed by atoms with Gasteiger partial charge in [-0.05, 0) is 41.5 Å². The molecule has 2 aromatic heterocycles. The number of rotatable bonds is 5. The second kappa shape index (κ2) is 9.74. The summed E-state index contributed by atoms with van der Waals surface area (Å²) in [6.45, 7) is 0. The number of hydrogen-bond donors (Lipinski definition) is 0. The molecule has 0 aliphatic carbocycles. The quantitative estimate of drug-likeness (QED) is 0.219. The van der Waals surface area contributed by atoms with E-state index in [0.717, 1.165) is 27.9 Å². The number of anilines is 1. The third kappa shape index (κ3) is 3.96. The van der Waals surface area contributed by atoms with Gasteiger partial charge in [-0.15, -0.1) is 0 Å². The Balaban J connectivity index is 1.50. The fraction of sp³-hybridized carbons (Fsp3) is 0.0909. The molecule has 7 rings (SSSR count). The molecule has 6 nitrogen and oxygen atoms in total. The van der Waals surface area contributed by atoms with Crippen LogP contribution in [0.3, 0.4) is 0 Å². The molecule has 0 bridgehead atoms. The molecule has 0 amide bonds. The van der Waals surface area contributed by atoms with Crippen LogP contribution in [0.4, 0.5) is 5.69 Å². The van der Waals surface area contributed by atoms with Crippen LogP contribution < -0.4 is 15.2 Å². The van der Waals surface area contributed by atoms with Crippen LogP contribution in [0.15, 0.2) is 128 Å². The molecule has 6 aromatic rings. The Morgan fingerprint density at radius 2 is 1.60 bits per heavy atom. The largest absolute Gasteiger partial charge is 0.495 e. The first kappa shape index (κ1) is 24.2. The summed E-state index contributed by atoms with van der Waals surface area (Å²) in [4.78, 5) is 13.7. The zero-order chi connectivity index (χ0) is 27.2. The van der Waals surface area contributed by atoms with Crippen molar-refractivity contribution in [2.45, 2.75) is 12.0 Å². The number of para-hydroxylation sites is 1. The Morgan fingerprint density at radius 1 is 0.875 bits per heavy atom. The molecule has 0 radical (unpaired) electrons. The lowest BCUT2D eigenvalue weighted by Crippen LogP contribution is -2.25. The molecule has 1 aliphatic rings. The van der Waals surface area contributed by atoms with Crippen LogP contribution >= 0.6 is 11.6 Å². The number of nitrogens with zero attached hydrogens (tertiary/aromatic N) is 2.